The second kappa shape index (κ2) is 9.19. The van der Waals surface area contributed by atoms with Gasteiger partial charge in [-0.2, -0.15) is 0 Å². The van der Waals surface area contributed by atoms with Gasteiger partial charge in [-0.15, -0.1) is 0 Å². The normalized spacial score (nSPS) is 29.2. The smallest absolute Gasteiger partial charge is 0.141 e. The van der Waals surface area contributed by atoms with Crippen LogP contribution in [0.5, 0.6) is 0 Å². The van der Waals surface area contributed by atoms with E-state index in [1.807, 2.05) is 6.07 Å². The van der Waals surface area contributed by atoms with E-state index in [9.17, 15) is 5.11 Å². The number of methoxy groups -OCH3 is 1. The number of hydrogen-bond acceptors (Lipinski definition) is 4. The molecular weight excluding hydrogens is 396 g/mol. The highest BCUT2D eigenvalue weighted by Gasteiger charge is 2.44. The summed E-state index contributed by atoms with van der Waals surface area (Å²) in [4.78, 5) is 7.41. The average Bonchev–Trinajstić information content (AvgIpc) is 2.84. The van der Waals surface area contributed by atoms with E-state index < -0.39 is 5.60 Å². The number of allylic oxidation sites excluding steroid dienone is 1. The molecule has 3 aliphatic heterocycles. The number of piperidine rings is 3. The molecule has 0 saturated carbocycles. The SMILES string of the molecule is COC1CC=C(c2ccc(C#CC3(O)CN4CCC3CC4)c(Cc3ccccc3)n2)CC1. The molecule has 3 fully saturated rings. The molecular formula is C28H32N2O2. The molecule has 166 valence electrons. The van der Waals surface area contributed by atoms with Crippen molar-refractivity contribution in [2.45, 2.75) is 50.2 Å². The van der Waals surface area contributed by atoms with Crippen molar-refractivity contribution >= 4 is 5.57 Å². The molecule has 2 bridgehead atoms. The predicted octanol–water partition coefficient (Wildman–Crippen LogP) is 4.06. The highest BCUT2D eigenvalue weighted by molar-refractivity contribution is 5.64. The van der Waals surface area contributed by atoms with E-state index in [0.717, 1.165) is 68.6 Å². The molecule has 4 heteroatoms. The lowest BCUT2D eigenvalue weighted by molar-refractivity contribution is -0.0713. The van der Waals surface area contributed by atoms with Gasteiger partial charge >= 0.3 is 0 Å². The van der Waals surface area contributed by atoms with Crippen LogP contribution in [0.4, 0.5) is 0 Å². The molecule has 3 saturated heterocycles. The highest BCUT2D eigenvalue weighted by atomic mass is 16.5. The lowest BCUT2D eigenvalue weighted by Gasteiger charge is -2.47. The first-order valence-electron chi connectivity index (χ1n) is 11.9. The van der Waals surface area contributed by atoms with Crippen molar-refractivity contribution < 1.29 is 9.84 Å². The third-order valence-electron chi connectivity index (χ3n) is 7.35. The first kappa shape index (κ1) is 21.4. The third-order valence-corrected chi connectivity index (χ3v) is 7.35. The standard InChI is InChI=1S/C28H32N2O2/c1-32-25-10-7-22(8-11-25)26-12-9-23(27(29-26)19-21-5-3-2-4-6-21)13-16-28(31)20-30-17-14-24(28)15-18-30/h2-7,9,12,24-25,31H,8,10-11,14-15,17-20H2,1H3. The van der Waals surface area contributed by atoms with Crippen LogP contribution in [0.3, 0.4) is 0 Å². The van der Waals surface area contributed by atoms with Crippen LogP contribution in [0.25, 0.3) is 5.57 Å². The highest BCUT2D eigenvalue weighted by Crippen LogP contribution is 2.35. The maximum atomic E-state index is 11.3. The Kier molecular flexibility index (Phi) is 6.15. The summed E-state index contributed by atoms with van der Waals surface area (Å²) in [5, 5.41) is 11.3. The number of aromatic nitrogens is 1. The molecule has 4 aliphatic rings. The zero-order chi connectivity index (χ0) is 22.0. The molecule has 2 atom stereocenters. The Morgan fingerprint density at radius 2 is 1.94 bits per heavy atom. The van der Waals surface area contributed by atoms with E-state index in [-0.39, 0.29) is 5.92 Å². The molecule has 1 aliphatic carbocycles. The average molecular weight is 429 g/mol. The van der Waals surface area contributed by atoms with Crippen molar-refractivity contribution in [3.8, 4) is 11.8 Å². The Morgan fingerprint density at radius 3 is 2.59 bits per heavy atom. The van der Waals surface area contributed by atoms with E-state index in [0.29, 0.717) is 12.6 Å². The van der Waals surface area contributed by atoms with E-state index in [4.69, 9.17) is 9.72 Å². The van der Waals surface area contributed by atoms with Crippen molar-refractivity contribution in [3.63, 3.8) is 0 Å². The first-order chi connectivity index (χ1) is 15.6. The van der Waals surface area contributed by atoms with Crippen LogP contribution in [-0.2, 0) is 11.2 Å². The van der Waals surface area contributed by atoms with Gasteiger partial charge in [0.1, 0.15) is 5.60 Å². The molecule has 0 radical (unpaired) electrons. The van der Waals surface area contributed by atoms with Gasteiger partial charge in [-0.1, -0.05) is 48.2 Å². The lowest BCUT2D eigenvalue weighted by atomic mass is 9.75. The van der Waals surface area contributed by atoms with Crippen LogP contribution in [0.2, 0.25) is 0 Å². The summed E-state index contributed by atoms with van der Waals surface area (Å²) in [7, 11) is 1.79. The van der Waals surface area contributed by atoms with Crippen LogP contribution in [-0.4, -0.2) is 53.4 Å². The van der Waals surface area contributed by atoms with Gasteiger partial charge in [0.25, 0.3) is 0 Å². The number of hydrogen-bond donors (Lipinski definition) is 1. The van der Waals surface area contributed by atoms with Gasteiger partial charge in [-0.05, 0) is 68.5 Å². The van der Waals surface area contributed by atoms with Gasteiger partial charge in [-0.3, -0.25) is 9.88 Å². The van der Waals surface area contributed by atoms with E-state index in [2.05, 4.69) is 59.2 Å². The summed E-state index contributed by atoms with van der Waals surface area (Å²) in [6.07, 6.45) is 8.35. The van der Waals surface area contributed by atoms with Gasteiger partial charge in [0.05, 0.1) is 17.5 Å². The Labute approximate surface area is 191 Å². The maximum Gasteiger partial charge on any atom is 0.141 e. The molecule has 0 amide bonds. The molecule has 0 spiro atoms. The maximum absolute atomic E-state index is 11.3. The van der Waals surface area contributed by atoms with Crippen molar-refractivity contribution in [2.75, 3.05) is 26.7 Å². The van der Waals surface area contributed by atoms with Gasteiger partial charge in [0, 0.05) is 31.6 Å². The second-order valence-corrected chi connectivity index (χ2v) is 9.44. The minimum absolute atomic E-state index is 0.283. The summed E-state index contributed by atoms with van der Waals surface area (Å²) in [5.74, 6) is 6.91. The molecule has 2 unspecified atom stereocenters. The lowest BCUT2D eigenvalue weighted by Crippen LogP contribution is -2.58. The minimum atomic E-state index is -0.903. The van der Waals surface area contributed by atoms with Crippen molar-refractivity contribution in [1.29, 1.82) is 0 Å². The fourth-order valence-electron chi connectivity index (χ4n) is 5.33. The van der Waals surface area contributed by atoms with Crippen LogP contribution < -0.4 is 0 Å². The fraction of sp³-hybridized carbons (Fsp3) is 0.464. The van der Waals surface area contributed by atoms with Crippen molar-refractivity contribution in [3.05, 3.63) is 71.1 Å². The van der Waals surface area contributed by atoms with Crippen molar-refractivity contribution in [1.82, 2.24) is 9.88 Å². The molecule has 1 aromatic carbocycles. The fourth-order valence-corrected chi connectivity index (χ4v) is 5.33. The summed E-state index contributed by atoms with van der Waals surface area (Å²) < 4.78 is 5.51. The third kappa shape index (κ3) is 4.52. The Hall–Kier alpha value is -2.45. The molecule has 6 rings (SSSR count). The van der Waals surface area contributed by atoms with Gasteiger partial charge in [0.15, 0.2) is 0 Å². The van der Waals surface area contributed by atoms with Crippen LogP contribution >= 0.6 is 0 Å². The topological polar surface area (TPSA) is 45.6 Å². The van der Waals surface area contributed by atoms with E-state index in [1.165, 1.54) is 11.1 Å². The van der Waals surface area contributed by atoms with Gasteiger partial charge < -0.3 is 9.84 Å². The van der Waals surface area contributed by atoms with Crippen LogP contribution in [0.1, 0.15) is 54.6 Å². The molecule has 4 heterocycles. The Bertz CT molecular complexity index is 1040. The summed E-state index contributed by atoms with van der Waals surface area (Å²) in [6, 6.07) is 14.6. The molecule has 1 N–H and O–H groups in total. The van der Waals surface area contributed by atoms with E-state index in [1.54, 1.807) is 7.11 Å². The van der Waals surface area contributed by atoms with Crippen LogP contribution in [0, 0.1) is 17.8 Å². The second-order valence-electron chi connectivity index (χ2n) is 9.44. The van der Waals surface area contributed by atoms with E-state index >= 15 is 0 Å². The van der Waals surface area contributed by atoms with Gasteiger partial charge in [-0.25, -0.2) is 0 Å². The Balaban J connectivity index is 1.46. The molecule has 32 heavy (non-hydrogen) atoms. The number of pyridine rings is 1. The molecule has 2 aromatic rings. The monoisotopic (exact) mass is 428 g/mol. The number of aliphatic hydroxyl groups is 1. The number of benzene rings is 1. The van der Waals surface area contributed by atoms with Crippen LogP contribution in [0.15, 0.2) is 48.5 Å². The molecule has 4 nitrogen and oxygen atoms in total. The minimum Gasteiger partial charge on any atom is -0.381 e. The summed E-state index contributed by atoms with van der Waals surface area (Å²) in [5.41, 5.74) is 4.56. The zero-order valence-electron chi connectivity index (χ0n) is 18.9. The quantitative estimate of drug-likeness (QED) is 0.746. The number of ether oxygens (including phenoxy) is 1. The number of fused-ring (bicyclic) bond motifs is 3. The predicted molar refractivity (Wildman–Crippen MR) is 127 cm³/mol. The number of rotatable bonds is 4. The van der Waals surface area contributed by atoms with Crippen molar-refractivity contribution in [2.24, 2.45) is 5.92 Å². The summed E-state index contributed by atoms with van der Waals surface area (Å²) in [6.45, 7) is 2.84. The Morgan fingerprint density at radius 1 is 1.12 bits per heavy atom. The van der Waals surface area contributed by atoms with Gasteiger partial charge in [0.2, 0.25) is 0 Å². The first-order valence-corrected chi connectivity index (χ1v) is 11.9. The number of nitrogens with zero attached hydrogens (tertiary/aromatic N) is 2. The summed E-state index contributed by atoms with van der Waals surface area (Å²) >= 11 is 0. The molecule has 1 aromatic heterocycles. The zero-order valence-corrected chi connectivity index (χ0v) is 18.9. The largest absolute Gasteiger partial charge is 0.381 e.